The van der Waals surface area contributed by atoms with E-state index in [1.165, 1.54) is 0 Å². The van der Waals surface area contributed by atoms with Crippen molar-refractivity contribution in [3.8, 4) is 0 Å². The third-order valence-corrected chi connectivity index (χ3v) is 5.00. The molecular formula is C15H13F3N6OS. The molecule has 26 heavy (non-hydrogen) atoms. The third kappa shape index (κ3) is 2.98. The van der Waals surface area contributed by atoms with Crippen molar-refractivity contribution < 1.29 is 18.0 Å². The zero-order valence-electron chi connectivity index (χ0n) is 13.3. The summed E-state index contributed by atoms with van der Waals surface area (Å²) < 4.78 is 39.2. The van der Waals surface area contributed by atoms with Gasteiger partial charge in [0.15, 0.2) is 0 Å². The number of nitrogens with zero attached hydrogens (tertiary/aromatic N) is 6. The minimum Gasteiger partial charge on any atom is -0.368 e. The average molecular weight is 382 g/mol. The second kappa shape index (κ2) is 6.24. The Morgan fingerprint density at radius 2 is 1.73 bits per heavy atom. The van der Waals surface area contributed by atoms with Crippen LogP contribution in [0.3, 0.4) is 0 Å². The molecule has 1 aliphatic rings. The number of piperazine rings is 1. The molecule has 0 saturated carbocycles. The third-order valence-electron chi connectivity index (χ3n) is 4.12. The average Bonchev–Trinajstić information content (AvgIpc) is 3.22. The van der Waals surface area contributed by atoms with Crippen LogP contribution in [0, 0.1) is 0 Å². The fraction of sp³-hybridized carbons (Fsp3) is 0.333. The van der Waals surface area contributed by atoms with E-state index in [-0.39, 0.29) is 15.9 Å². The summed E-state index contributed by atoms with van der Waals surface area (Å²) in [6, 6.07) is 9.83. The van der Waals surface area contributed by atoms with E-state index < -0.39 is 12.0 Å². The number of carbonyl (C=O) groups excluding carboxylic acids is 1. The first-order chi connectivity index (χ1) is 12.4. The van der Waals surface area contributed by atoms with Crippen LogP contribution in [0.15, 0.2) is 30.3 Å². The molecule has 1 aliphatic heterocycles. The predicted octanol–water partition coefficient (Wildman–Crippen LogP) is 2.17. The Balaban J connectivity index is 1.49. The summed E-state index contributed by atoms with van der Waals surface area (Å²) in [5, 5.41) is 10.3. The zero-order valence-corrected chi connectivity index (χ0v) is 14.2. The molecule has 0 radical (unpaired) electrons. The number of amides is 1. The minimum absolute atomic E-state index is 0.0199. The first-order valence-corrected chi connectivity index (χ1v) is 8.64. The van der Waals surface area contributed by atoms with Gasteiger partial charge in [0.25, 0.3) is 11.7 Å². The second-order valence-electron chi connectivity index (χ2n) is 5.74. The molecule has 0 atom stereocenters. The van der Waals surface area contributed by atoms with Gasteiger partial charge in [0.05, 0.1) is 0 Å². The zero-order chi connectivity index (χ0) is 18.3. The summed E-state index contributed by atoms with van der Waals surface area (Å²) in [6.07, 6.45) is -4.67. The molecule has 3 aromatic rings. The Morgan fingerprint density at radius 3 is 2.38 bits per heavy atom. The lowest BCUT2D eigenvalue weighted by Gasteiger charge is -2.35. The van der Waals surface area contributed by atoms with E-state index in [0.29, 0.717) is 30.7 Å². The minimum atomic E-state index is -4.67. The number of fused-ring (bicyclic) bond motifs is 1. The Kier molecular flexibility index (Phi) is 4.02. The number of hydrogen-bond donors (Lipinski definition) is 0. The van der Waals surface area contributed by atoms with Gasteiger partial charge in [0.2, 0.25) is 9.97 Å². The number of hydrogen-bond acceptors (Lipinski definition) is 6. The predicted molar refractivity (Wildman–Crippen MR) is 88.2 cm³/mol. The van der Waals surface area contributed by atoms with Crippen molar-refractivity contribution in [2.24, 2.45) is 0 Å². The first-order valence-electron chi connectivity index (χ1n) is 7.82. The van der Waals surface area contributed by atoms with Crippen LogP contribution in [0.4, 0.5) is 18.9 Å². The molecule has 0 unspecified atom stereocenters. The molecule has 1 saturated heterocycles. The second-order valence-corrected chi connectivity index (χ2v) is 6.69. The van der Waals surface area contributed by atoms with E-state index >= 15 is 0 Å². The monoisotopic (exact) mass is 382 g/mol. The number of benzene rings is 1. The van der Waals surface area contributed by atoms with E-state index in [9.17, 15) is 18.0 Å². The van der Waals surface area contributed by atoms with Gasteiger partial charge in [-0.15, -0.1) is 15.3 Å². The maximum Gasteiger partial charge on any atom is 0.453 e. The quantitative estimate of drug-likeness (QED) is 0.680. The molecule has 0 N–H and O–H groups in total. The van der Waals surface area contributed by atoms with Gasteiger partial charge in [0, 0.05) is 31.9 Å². The molecule has 136 valence electrons. The van der Waals surface area contributed by atoms with Crippen molar-refractivity contribution in [3.05, 3.63) is 41.2 Å². The molecule has 0 bridgehead atoms. The molecule has 2 aromatic heterocycles. The maximum atomic E-state index is 12.9. The van der Waals surface area contributed by atoms with Crippen LogP contribution in [0.1, 0.15) is 15.6 Å². The number of halogens is 3. The van der Waals surface area contributed by atoms with Gasteiger partial charge in [-0.25, -0.2) is 0 Å². The molecule has 11 heteroatoms. The lowest BCUT2D eigenvalue weighted by Crippen LogP contribution is -2.48. The molecule has 3 heterocycles. The van der Waals surface area contributed by atoms with Gasteiger partial charge in [-0.1, -0.05) is 29.5 Å². The van der Waals surface area contributed by atoms with Crippen LogP contribution in [0.2, 0.25) is 0 Å². The van der Waals surface area contributed by atoms with Gasteiger partial charge < -0.3 is 9.80 Å². The van der Waals surface area contributed by atoms with Crippen LogP contribution in [-0.4, -0.2) is 56.8 Å². The highest BCUT2D eigenvalue weighted by molar-refractivity contribution is 7.18. The van der Waals surface area contributed by atoms with Gasteiger partial charge in [-0.05, 0) is 12.1 Å². The summed E-state index contributed by atoms with van der Waals surface area (Å²) in [4.78, 5) is 16.3. The Labute approximate surface area is 149 Å². The molecule has 1 aromatic carbocycles. The van der Waals surface area contributed by atoms with E-state index in [0.717, 1.165) is 17.0 Å². The van der Waals surface area contributed by atoms with Crippen molar-refractivity contribution >= 4 is 27.9 Å². The Hall–Kier alpha value is -2.69. The van der Waals surface area contributed by atoms with E-state index in [1.807, 2.05) is 30.3 Å². The summed E-state index contributed by atoms with van der Waals surface area (Å²) >= 11 is 0.807. The lowest BCUT2D eigenvalue weighted by molar-refractivity contribution is -0.146. The van der Waals surface area contributed by atoms with Crippen LogP contribution in [-0.2, 0) is 6.18 Å². The molecule has 7 nitrogen and oxygen atoms in total. The number of rotatable bonds is 2. The first kappa shape index (κ1) is 16.8. The van der Waals surface area contributed by atoms with Gasteiger partial charge in [0.1, 0.15) is 0 Å². The Bertz CT molecular complexity index is 930. The summed E-state index contributed by atoms with van der Waals surface area (Å²) in [7, 11) is 0. The van der Waals surface area contributed by atoms with E-state index in [2.05, 4.69) is 20.2 Å². The number of anilines is 1. The highest BCUT2D eigenvalue weighted by Crippen LogP contribution is 2.29. The van der Waals surface area contributed by atoms with Crippen molar-refractivity contribution in [1.82, 2.24) is 24.7 Å². The van der Waals surface area contributed by atoms with E-state index in [1.54, 1.807) is 4.90 Å². The number of para-hydroxylation sites is 1. The number of carbonyl (C=O) groups is 1. The topological polar surface area (TPSA) is 66.6 Å². The number of aromatic nitrogens is 4. The smallest absolute Gasteiger partial charge is 0.368 e. The van der Waals surface area contributed by atoms with Crippen molar-refractivity contribution in [1.29, 1.82) is 0 Å². The fourth-order valence-electron chi connectivity index (χ4n) is 2.82. The van der Waals surface area contributed by atoms with Gasteiger partial charge in [-0.3, -0.25) is 4.79 Å². The Morgan fingerprint density at radius 1 is 1.04 bits per heavy atom. The molecule has 1 fully saturated rings. The van der Waals surface area contributed by atoms with Crippen LogP contribution in [0.5, 0.6) is 0 Å². The fourth-order valence-corrected chi connectivity index (χ4v) is 3.63. The molecule has 0 spiro atoms. The van der Waals surface area contributed by atoms with Crippen LogP contribution < -0.4 is 4.90 Å². The van der Waals surface area contributed by atoms with Crippen molar-refractivity contribution in [2.45, 2.75) is 6.18 Å². The van der Waals surface area contributed by atoms with Crippen LogP contribution >= 0.6 is 11.3 Å². The maximum absolute atomic E-state index is 12.9. The highest BCUT2D eigenvalue weighted by atomic mass is 32.1. The van der Waals surface area contributed by atoms with Gasteiger partial charge >= 0.3 is 6.18 Å². The standard InChI is InChI=1S/C15H13F3N6OS/c16-15(17,18)13-19-20-14-24(13)21-11(26-14)12(25)23-8-6-22(7-9-23)10-4-2-1-3-5-10/h1-5H,6-9H2. The normalized spacial score (nSPS) is 15.7. The molecule has 1 amide bonds. The van der Waals surface area contributed by atoms with Crippen LogP contribution in [0.25, 0.3) is 4.96 Å². The van der Waals surface area contributed by atoms with Crippen molar-refractivity contribution in [2.75, 3.05) is 31.1 Å². The number of alkyl halides is 3. The highest BCUT2D eigenvalue weighted by Gasteiger charge is 2.39. The SMILES string of the molecule is O=C(c1nn2c(C(F)(F)F)nnc2s1)N1CCN(c2ccccc2)CC1. The molecule has 0 aliphatic carbocycles. The lowest BCUT2D eigenvalue weighted by atomic mass is 10.2. The van der Waals surface area contributed by atoms with Crippen molar-refractivity contribution in [3.63, 3.8) is 0 Å². The summed E-state index contributed by atoms with van der Waals surface area (Å²) in [6.45, 7) is 2.24. The summed E-state index contributed by atoms with van der Waals surface area (Å²) in [5.74, 6) is -1.61. The largest absolute Gasteiger partial charge is 0.453 e. The molecular weight excluding hydrogens is 369 g/mol. The van der Waals surface area contributed by atoms with E-state index in [4.69, 9.17) is 0 Å². The summed E-state index contributed by atoms with van der Waals surface area (Å²) in [5.41, 5.74) is 1.08. The van der Waals surface area contributed by atoms with Gasteiger partial charge in [-0.2, -0.15) is 17.7 Å². The molecule has 4 rings (SSSR count).